The fraction of sp³-hybridized carbons (Fsp3) is 0.667. The zero-order chi connectivity index (χ0) is 11.8. The monoisotopic (exact) mass is 215 g/mol. The summed E-state index contributed by atoms with van der Waals surface area (Å²) in [4.78, 5) is 21.7. The van der Waals surface area contributed by atoms with Crippen molar-refractivity contribution < 1.29 is 10.0 Å². The predicted molar refractivity (Wildman–Crippen MR) is 56.1 cm³/mol. The highest BCUT2D eigenvalue weighted by molar-refractivity contribution is 5.87. The Labute approximate surface area is 88.7 Å². The molecule has 0 aliphatic carbocycles. The fourth-order valence-corrected chi connectivity index (χ4v) is 1.11. The SMILES string of the molecule is C/C=C/C(=O)NC(NO)C(N=O)C(C)C. The summed E-state index contributed by atoms with van der Waals surface area (Å²) < 4.78 is 0. The van der Waals surface area contributed by atoms with Crippen LogP contribution in [0.15, 0.2) is 17.3 Å². The molecule has 2 unspecified atom stereocenters. The van der Waals surface area contributed by atoms with E-state index < -0.39 is 18.1 Å². The van der Waals surface area contributed by atoms with Crippen LogP contribution in [-0.4, -0.2) is 23.3 Å². The second-order valence-electron chi connectivity index (χ2n) is 3.46. The van der Waals surface area contributed by atoms with Gasteiger partial charge in [-0.15, -0.1) is 0 Å². The molecular weight excluding hydrogens is 198 g/mol. The molecule has 15 heavy (non-hydrogen) atoms. The molecule has 0 aromatic heterocycles. The lowest BCUT2D eigenvalue weighted by Crippen LogP contribution is -2.52. The van der Waals surface area contributed by atoms with E-state index in [9.17, 15) is 9.70 Å². The first kappa shape index (κ1) is 13.7. The van der Waals surface area contributed by atoms with Crippen molar-refractivity contribution in [1.29, 1.82) is 0 Å². The maximum Gasteiger partial charge on any atom is 0.244 e. The highest BCUT2D eigenvalue weighted by Gasteiger charge is 2.25. The molecule has 3 N–H and O–H groups in total. The van der Waals surface area contributed by atoms with E-state index in [1.54, 1.807) is 26.8 Å². The van der Waals surface area contributed by atoms with Crippen LogP contribution in [0.2, 0.25) is 0 Å². The molecule has 0 fully saturated rings. The Bertz CT molecular complexity index is 241. The van der Waals surface area contributed by atoms with Crippen molar-refractivity contribution in [3.63, 3.8) is 0 Å². The Morgan fingerprint density at radius 3 is 2.40 bits per heavy atom. The molecule has 0 aromatic rings. The van der Waals surface area contributed by atoms with Crippen LogP contribution in [0, 0.1) is 10.8 Å². The van der Waals surface area contributed by atoms with Crippen molar-refractivity contribution in [3.05, 3.63) is 17.1 Å². The third-order valence-corrected chi connectivity index (χ3v) is 1.90. The molecular formula is C9H17N3O3. The van der Waals surface area contributed by atoms with Crippen molar-refractivity contribution in [1.82, 2.24) is 10.8 Å². The summed E-state index contributed by atoms with van der Waals surface area (Å²) in [7, 11) is 0. The van der Waals surface area contributed by atoms with Crippen molar-refractivity contribution in [2.24, 2.45) is 11.1 Å². The number of allylic oxidation sites excluding steroid dienone is 1. The average Bonchev–Trinajstić information content (AvgIpc) is 2.17. The first-order valence-electron chi connectivity index (χ1n) is 4.72. The molecule has 86 valence electrons. The highest BCUT2D eigenvalue weighted by Crippen LogP contribution is 2.08. The number of carbonyl (C=O) groups excluding carboxylic acids is 1. The number of hydrogen-bond acceptors (Lipinski definition) is 5. The van der Waals surface area contributed by atoms with Gasteiger partial charge < -0.3 is 10.5 Å². The van der Waals surface area contributed by atoms with Gasteiger partial charge in [0.25, 0.3) is 0 Å². The van der Waals surface area contributed by atoms with Gasteiger partial charge in [-0.1, -0.05) is 25.1 Å². The summed E-state index contributed by atoms with van der Waals surface area (Å²) in [5, 5.41) is 14.1. The second-order valence-corrected chi connectivity index (χ2v) is 3.46. The fourth-order valence-electron chi connectivity index (χ4n) is 1.11. The zero-order valence-electron chi connectivity index (χ0n) is 9.10. The molecule has 1 amide bonds. The van der Waals surface area contributed by atoms with Gasteiger partial charge in [0.2, 0.25) is 5.91 Å². The van der Waals surface area contributed by atoms with Gasteiger partial charge in [-0.25, -0.2) is 0 Å². The van der Waals surface area contributed by atoms with E-state index in [1.165, 1.54) is 6.08 Å². The standard InChI is InChI=1S/C9H17N3O3/c1-4-5-7(13)10-9(12-15)8(11-14)6(2)3/h4-6,8-9,12,15H,1-3H3,(H,10,13)/b5-4+. The molecule has 0 spiro atoms. The Morgan fingerprint density at radius 1 is 1.47 bits per heavy atom. The Morgan fingerprint density at radius 2 is 2.07 bits per heavy atom. The van der Waals surface area contributed by atoms with Crippen LogP contribution in [0.5, 0.6) is 0 Å². The molecule has 0 bridgehead atoms. The van der Waals surface area contributed by atoms with Gasteiger partial charge in [-0.05, 0) is 18.9 Å². The van der Waals surface area contributed by atoms with Crippen molar-refractivity contribution in [3.8, 4) is 0 Å². The molecule has 0 rings (SSSR count). The van der Waals surface area contributed by atoms with E-state index in [-0.39, 0.29) is 5.92 Å². The molecule has 6 heteroatoms. The van der Waals surface area contributed by atoms with Gasteiger partial charge >= 0.3 is 0 Å². The minimum absolute atomic E-state index is 0.0851. The maximum atomic E-state index is 11.2. The molecule has 0 aliphatic rings. The highest BCUT2D eigenvalue weighted by atomic mass is 16.5. The number of amides is 1. The quantitative estimate of drug-likeness (QED) is 0.264. The van der Waals surface area contributed by atoms with Gasteiger partial charge in [-0.2, -0.15) is 10.4 Å². The topological polar surface area (TPSA) is 90.8 Å². The van der Waals surface area contributed by atoms with Crippen molar-refractivity contribution in [2.75, 3.05) is 0 Å². The van der Waals surface area contributed by atoms with Crippen molar-refractivity contribution in [2.45, 2.75) is 33.0 Å². The van der Waals surface area contributed by atoms with Crippen LogP contribution in [0.25, 0.3) is 0 Å². The van der Waals surface area contributed by atoms with Gasteiger partial charge in [0.15, 0.2) is 0 Å². The number of carbonyl (C=O) groups is 1. The lowest BCUT2D eigenvalue weighted by Gasteiger charge is -2.23. The van der Waals surface area contributed by atoms with Crippen LogP contribution in [-0.2, 0) is 4.79 Å². The number of nitrogens with zero attached hydrogens (tertiary/aromatic N) is 1. The molecule has 0 aliphatic heterocycles. The van der Waals surface area contributed by atoms with E-state index in [4.69, 9.17) is 5.21 Å². The summed E-state index contributed by atoms with van der Waals surface area (Å²) >= 11 is 0. The van der Waals surface area contributed by atoms with E-state index in [0.29, 0.717) is 0 Å². The number of hydrogen-bond donors (Lipinski definition) is 3. The normalized spacial score (nSPS) is 15.3. The smallest absolute Gasteiger partial charge is 0.244 e. The van der Waals surface area contributed by atoms with E-state index in [1.807, 2.05) is 5.48 Å². The molecule has 0 saturated carbocycles. The summed E-state index contributed by atoms with van der Waals surface area (Å²) in [6.07, 6.45) is 1.99. The average molecular weight is 215 g/mol. The molecule has 2 atom stereocenters. The predicted octanol–water partition coefficient (Wildman–Crippen LogP) is 0.775. The van der Waals surface area contributed by atoms with Crippen LogP contribution < -0.4 is 10.8 Å². The maximum absolute atomic E-state index is 11.2. The Hall–Kier alpha value is -1.27. The molecule has 0 heterocycles. The first-order chi connectivity index (χ1) is 7.06. The van der Waals surface area contributed by atoms with Gasteiger partial charge in [-0.3, -0.25) is 4.79 Å². The van der Waals surface area contributed by atoms with E-state index in [2.05, 4.69) is 10.5 Å². The van der Waals surface area contributed by atoms with Gasteiger partial charge in [0.05, 0.1) is 0 Å². The summed E-state index contributed by atoms with van der Waals surface area (Å²) in [6, 6.07) is -0.718. The van der Waals surface area contributed by atoms with Crippen LogP contribution in [0.1, 0.15) is 20.8 Å². The summed E-state index contributed by atoms with van der Waals surface area (Å²) in [6.45, 7) is 5.25. The summed E-state index contributed by atoms with van der Waals surface area (Å²) in [5.74, 6) is -0.476. The van der Waals surface area contributed by atoms with Crippen LogP contribution in [0.3, 0.4) is 0 Å². The number of hydroxylamine groups is 1. The Balaban J connectivity index is 4.46. The number of nitroso groups, excluding NO2 is 1. The van der Waals surface area contributed by atoms with Crippen molar-refractivity contribution >= 4 is 5.91 Å². The van der Waals surface area contributed by atoms with Gasteiger partial charge in [0.1, 0.15) is 12.2 Å². The van der Waals surface area contributed by atoms with Gasteiger partial charge in [0, 0.05) is 0 Å². The third kappa shape index (κ3) is 4.66. The summed E-state index contributed by atoms with van der Waals surface area (Å²) in [5.41, 5.74) is 1.86. The first-order valence-corrected chi connectivity index (χ1v) is 4.72. The van der Waals surface area contributed by atoms with E-state index >= 15 is 0 Å². The van der Waals surface area contributed by atoms with Crippen LogP contribution >= 0.6 is 0 Å². The Kier molecular flexibility index (Phi) is 6.48. The zero-order valence-corrected chi connectivity index (χ0v) is 9.10. The molecule has 0 aromatic carbocycles. The molecule has 6 nitrogen and oxygen atoms in total. The largest absolute Gasteiger partial charge is 0.333 e. The minimum atomic E-state index is -0.869. The lowest BCUT2D eigenvalue weighted by atomic mass is 10.0. The molecule has 0 saturated heterocycles. The molecule has 0 radical (unpaired) electrons. The minimum Gasteiger partial charge on any atom is -0.333 e. The lowest BCUT2D eigenvalue weighted by molar-refractivity contribution is -0.118. The number of rotatable bonds is 6. The number of nitrogens with one attached hydrogen (secondary N) is 2. The van der Waals surface area contributed by atoms with Crippen LogP contribution in [0.4, 0.5) is 0 Å². The second kappa shape index (κ2) is 7.08. The van der Waals surface area contributed by atoms with E-state index in [0.717, 1.165) is 0 Å². The third-order valence-electron chi connectivity index (χ3n) is 1.90.